The number of carbonyl (C=O) groups excluding carboxylic acids is 1. The number of aliphatic carboxylic acids is 1. The average molecular weight is 517 g/mol. The van der Waals surface area contributed by atoms with Crippen LogP contribution in [0.1, 0.15) is 42.7 Å². The number of benzene rings is 3. The maximum atomic E-state index is 15.3. The summed E-state index contributed by atoms with van der Waals surface area (Å²) in [5.41, 5.74) is 3.60. The molecule has 2 N–H and O–H groups in total. The highest BCUT2D eigenvalue weighted by atomic mass is 32.1. The number of carboxylic acids is 1. The molecular formula is C29H25FN2O4S. The maximum Gasteiger partial charge on any atom is 0.412 e. The van der Waals surface area contributed by atoms with Crippen molar-refractivity contribution in [2.24, 2.45) is 0 Å². The Morgan fingerprint density at radius 2 is 1.73 bits per heavy atom. The SMILES string of the molecule is Cc1nsc(-c2ccc(-c3ccc(C4(C(=O)O)CC4)cc3)cc2F)c1NC(=O)OC(C)c1ccccc1. The molecule has 1 amide bonds. The van der Waals surface area contributed by atoms with Crippen LogP contribution in [0, 0.1) is 12.7 Å². The zero-order chi connectivity index (χ0) is 26.2. The molecule has 6 nitrogen and oxygen atoms in total. The van der Waals surface area contributed by atoms with Crippen molar-refractivity contribution in [1.29, 1.82) is 0 Å². The molecule has 37 heavy (non-hydrogen) atoms. The summed E-state index contributed by atoms with van der Waals surface area (Å²) in [6.45, 7) is 3.53. The van der Waals surface area contributed by atoms with E-state index in [9.17, 15) is 14.7 Å². The minimum Gasteiger partial charge on any atom is -0.481 e. The lowest BCUT2D eigenvalue weighted by atomic mass is 9.93. The van der Waals surface area contributed by atoms with Gasteiger partial charge in [-0.2, -0.15) is 4.37 Å². The fourth-order valence-electron chi connectivity index (χ4n) is 4.40. The number of hydrogen-bond acceptors (Lipinski definition) is 5. The second-order valence-corrected chi connectivity index (χ2v) is 9.99. The third kappa shape index (κ3) is 4.84. The molecule has 1 aliphatic rings. The summed E-state index contributed by atoms with van der Waals surface area (Å²) in [5.74, 6) is -1.26. The van der Waals surface area contributed by atoms with Crippen LogP contribution in [0.15, 0.2) is 72.8 Å². The molecule has 1 unspecified atom stereocenters. The zero-order valence-corrected chi connectivity index (χ0v) is 21.1. The largest absolute Gasteiger partial charge is 0.481 e. The summed E-state index contributed by atoms with van der Waals surface area (Å²) < 4.78 is 25.1. The van der Waals surface area contributed by atoms with E-state index < -0.39 is 29.4 Å². The van der Waals surface area contributed by atoms with Gasteiger partial charge in [-0.3, -0.25) is 10.1 Å². The lowest BCUT2D eigenvalue weighted by molar-refractivity contribution is -0.140. The van der Waals surface area contributed by atoms with Crippen LogP contribution in [0.4, 0.5) is 14.9 Å². The summed E-state index contributed by atoms with van der Waals surface area (Å²) in [5, 5.41) is 12.2. The standard InChI is InChI=1S/C29H25FN2O4S/c1-17-25(31-28(35)36-18(2)19-6-4-3-5-7-19)26(37-32-17)23-13-10-21(16-24(23)30)20-8-11-22(12-9-20)29(14-15-29)27(33)34/h3-13,16,18H,14-15H2,1-2H3,(H,31,35)(H,33,34). The van der Waals surface area contributed by atoms with Gasteiger partial charge in [-0.05, 0) is 72.6 Å². The average Bonchev–Trinajstić information content (AvgIpc) is 3.65. The number of aryl methyl sites for hydroxylation is 1. The molecule has 188 valence electrons. The second kappa shape index (κ2) is 9.78. The molecule has 0 spiro atoms. The molecule has 0 saturated heterocycles. The highest BCUT2D eigenvalue weighted by molar-refractivity contribution is 7.10. The second-order valence-electron chi connectivity index (χ2n) is 9.21. The lowest BCUT2D eigenvalue weighted by Gasteiger charge is -2.15. The zero-order valence-electron chi connectivity index (χ0n) is 20.3. The first-order valence-corrected chi connectivity index (χ1v) is 12.7. The molecule has 0 aliphatic heterocycles. The van der Waals surface area contributed by atoms with Gasteiger partial charge in [-0.15, -0.1) is 0 Å². The molecule has 3 aromatic carbocycles. The Balaban J connectivity index is 1.34. The van der Waals surface area contributed by atoms with E-state index in [2.05, 4.69) is 9.69 Å². The van der Waals surface area contributed by atoms with Crippen LogP contribution in [0.2, 0.25) is 0 Å². The Morgan fingerprint density at radius 1 is 1.05 bits per heavy atom. The van der Waals surface area contributed by atoms with Crippen LogP contribution in [0.3, 0.4) is 0 Å². The van der Waals surface area contributed by atoms with Gasteiger partial charge in [-0.1, -0.05) is 60.7 Å². The smallest absolute Gasteiger partial charge is 0.412 e. The third-order valence-corrected chi connectivity index (χ3v) is 7.76. The highest BCUT2D eigenvalue weighted by Crippen LogP contribution is 2.48. The van der Waals surface area contributed by atoms with Gasteiger partial charge in [0.1, 0.15) is 11.9 Å². The molecule has 5 rings (SSSR count). The predicted octanol–water partition coefficient (Wildman–Crippen LogP) is 7.35. The van der Waals surface area contributed by atoms with Gasteiger partial charge >= 0.3 is 12.1 Å². The maximum absolute atomic E-state index is 15.3. The summed E-state index contributed by atoms with van der Waals surface area (Å²) in [6.07, 6.45) is 0.167. The van der Waals surface area contributed by atoms with Gasteiger partial charge in [-0.25, -0.2) is 9.18 Å². The van der Waals surface area contributed by atoms with E-state index in [4.69, 9.17) is 4.74 Å². The Kier molecular flexibility index (Phi) is 6.52. The molecule has 1 fully saturated rings. The number of nitrogens with one attached hydrogen (secondary N) is 1. The monoisotopic (exact) mass is 516 g/mol. The topological polar surface area (TPSA) is 88.5 Å². The number of anilines is 1. The fraction of sp³-hybridized carbons (Fsp3) is 0.207. The minimum atomic E-state index is -0.807. The number of carboxylic acid groups (broad SMARTS) is 1. The van der Waals surface area contributed by atoms with E-state index in [1.54, 1.807) is 38.1 Å². The van der Waals surface area contributed by atoms with Crippen molar-refractivity contribution >= 4 is 29.3 Å². The molecule has 0 bridgehead atoms. The normalized spacial score (nSPS) is 14.6. The molecule has 1 heterocycles. The van der Waals surface area contributed by atoms with Gasteiger partial charge in [0.25, 0.3) is 0 Å². The van der Waals surface area contributed by atoms with Crippen molar-refractivity contribution in [3.8, 4) is 21.6 Å². The number of ether oxygens (including phenoxy) is 1. The minimum absolute atomic E-state index is 0.320. The van der Waals surface area contributed by atoms with Crippen molar-refractivity contribution in [2.45, 2.75) is 38.2 Å². The molecule has 1 saturated carbocycles. The van der Waals surface area contributed by atoms with Crippen LogP contribution in [0.25, 0.3) is 21.6 Å². The number of rotatable bonds is 7. The first kappa shape index (κ1) is 24.6. The lowest BCUT2D eigenvalue weighted by Crippen LogP contribution is -2.19. The summed E-state index contributed by atoms with van der Waals surface area (Å²) in [4.78, 5) is 24.7. The van der Waals surface area contributed by atoms with Crippen molar-refractivity contribution in [3.05, 3.63) is 95.4 Å². The van der Waals surface area contributed by atoms with E-state index in [0.29, 0.717) is 40.2 Å². The molecule has 1 aromatic heterocycles. The van der Waals surface area contributed by atoms with Crippen LogP contribution < -0.4 is 5.32 Å². The molecule has 1 aliphatic carbocycles. The Hall–Kier alpha value is -4.04. The van der Waals surface area contributed by atoms with Gasteiger partial charge in [0, 0.05) is 5.56 Å². The highest BCUT2D eigenvalue weighted by Gasteiger charge is 2.51. The predicted molar refractivity (Wildman–Crippen MR) is 141 cm³/mol. The van der Waals surface area contributed by atoms with Crippen molar-refractivity contribution < 1.29 is 23.8 Å². The van der Waals surface area contributed by atoms with Gasteiger partial charge in [0.05, 0.1) is 21.7 Å². The van der Waals surface area contributed by atoms with Gasteiger partial charge < -0.3 is 9.84 Å². The van der Waals surface area contributed by atoms with Crippen LogP contribution in [0.5, 0.6) is 0 Å². The van der Waals surface area contributed by atoms with Gasteiger partial charge in [0.15, 0.2) is 0 Å². The Bertz CT molecular complexity index is 1460. The van der Waals surface area contributed by atoms with E-state index in [1.165, 1.54) is 6.07 Å². The first-order chi connectivity index (χ1) is 17.8. The molecule has 1 atom stereocenters. The van der Waals surface area contributed by atoms with Crippen molar-refractivity contribution in [2.75, 3.05) is 5.32 Å². The summed E-state index contributed by atoms with van der Waals surface area (Å²) >= 11 is 1.10. The van der Waals surface area contributed by atoms with E-state index in [-0.39, 0.29) is 0 Å². The van der Waals surface area contributed by atoms with Crippen molar-refractivity contribution in [1.82, 2.24) is 4.37 Å². The number of carbonyl (C=O) groups is 2. The number of hydrogen-bond donors (Lipinski definition) is 2. The fourth-order valence-corrected chi connectivity index (χ4v) is 5.27. The quantitative estimate of drug-likeness (QED) is 0.268. The summed E-state index contributed by atoms with van der Waals surface area (Å²) in [6, 6.07) is 21.5. The molecule has 0 radical (unpaired) electrons. The van der Waals surface area contributed by atoms with E-state index in [1.807, 2.05) is 42.5 Å². The van der Waals surface area contributed by atoms with E-state index >= 15 is 4.39 Å². The molecular weight excluding hydrogens is 491 g/mol. The molecule has 4 aromatic rings. The third-order valence-electron chi connectivity index (χ3n) is 6.79. The number of aromatic nitrogens is 1. The Labute approximate surface area is 217 Å². The van der Waals surface area contributed by atoms with Crippen LogP contribution >= 0.6 is 11.5 Å². The number of amides is 1. The van der Waals surface area contributed by atoms with Crippen LogP contribution in [-0.4, -0.2) is 21.5 Å². The molecule has 8 heteroatoms. The Morgan fingerprint density at radius 3 is 2.35 bits per heavy atom. The van der Waals surface area contributed by atoms with Gasteiger partial charge in [0.2, 0.25) is 0 Å². The van der Waals surface area contributed by atoms with E-state index in [0.717, 1.165) is 28.2 Å². The first-order valence-electron chi connectivity index (χ1n) is 11.9. The number of halogens is 1. The van der Waals surface area contributed by atoms with Crippen LogP contribution in [-0.2, 0) is 14.9 Å². The summed E-state index contributed by atoms with van der Waals surface area (Å²) in [7, 11) is 0. The number of nitrogens with zero attached hydrogens (tertiary/aromatic N) is 1. The van der Waals surface area contributed by atoms with Crippen molar-refractivity contribution in [3.63, 3.8) is 0 Å².